The summed E-state index contributed by atoms with van der Waals surface area (Å²) in [5, 5.41) is 4.14. The van der Waals surface area contributed by atoms with E-state index in [9.17, 15) is 41.9 Å². The zero-order chi connectivity index (χ0) is 44.1. The van der Waals surface area contributed by atoms with E-state index in [0.717, 1.165) is 29.4 Å². The van der Waals surface area contributed by atoms with Crippen molar-refractivity contribution >= 4 is 47.1 Å². The van der Waals surface area contributed by atoms with E-state index < -0.39 is 54.0 Å². The second kappa shape index (κ2) is 19.3. The van der Waals surface area contributed by atoms with Gasteiger partial charge in [0, 0.05) is 51.1 Å². The van der Waals surface area contributed by atoms with Gasteiger partial charge in [-0.3, -0.25) is 34.0 Å². The van der Waals surface area contributed by atoms with Gasteiger partial charge in [-0.25, -0.2) is 14.3 Å². The van der Waals surface area contributed by atoms with E-state index >= 15 is 0 Å². The maximum atomic E-state index is 14.2. The summed E-state index contributed by atoms with van der Waals surface area (Å²) in [4.78, 5) is 86.0. The molecule has 0 spiro atoms. The number of nitrogens with two attached hydrogens (primary N) is 1. The standard InChI is InChI=1S/C42H50ClF3N8O8/c43-32-22-26(21-31(37(32)47)42(44,45)46)23-33(62-41(60)52-19-12-30(13-20-52)54-40(59)48-38(49-54)29-5-2-1-3-6-29)39(58)51-17-10-28(11-18-51)27-8-15-50(16-9-27)24-36(57)61-25-35(56)53-14-4-7-34(53)55/h1-3,5-6,21-22,27-28,30,33H,4,7-20,23-25,47H2,(H,48,49,59)/t33-/m1/s1. The fraction of sp³-hybridized carbons (Fsp3) is 0.548. The van der Waals surface area contributed by atoms with Crippen LogP contribution in [0.5, 0.6) is 0 Å². The summed E-state index contributed by atoms with van der Waals surface area (Å²) in [5.74, 6) is -0.810. The number of carbonyl (C=O) groups is 5. The Bertz CT molecular complexity index is 2180. The number of hydrogen-bond acceptors (Lipinski definition) is 11. The first-order valence-corrected chi connectivity index (χ1v) is 21.4. The van der Waals surface area contributed by atoms with Crippen LogP contribution in [-0.2, 0) is 41.2 Å². The number of likely N-dealkylation sites (tertiary alicyclic amines) is 4. The van der Waals surface area contributed by atoms with Gasteiger partial charge in [0.25, 0.3) is 11.8 Å². The van der Waals surface area contributed by atoms with Gasteiger partial charge in [-0.1, -0.05) is 41.9 Å². The fourth-order valence-electron chi connectivity index (χ4n) is 8.96. The molecule has 4 amide bonds. The van der Waals surface area contributed by atoms with E-state index in [1.165, 1.54) is 15.6 Å². The SMILES string of the molecule is Nc1c(Cl)cc(C[C@@H](OC(=O)N2CCC(n3nc(-c4ccccc4)[nH]c3=O)CC2)C(=O)N2CCC(C3CCN(CC(=O)OCC(=O)N4CCCC4=O)CC3)CC2)cc1C(F)(F)F. The van der Waals surface area contributed by atoms with Gasteiger partial charge in [0.05, 0.1) is 28.9 Å². The summed E-state index contributed by atoms with van der Waals surface area (Å²) in [5.41, 5.74) is 4.26. The van der Waals surface area contributed by atoms with Crippen LogP contribution in [0.25, 0.3) is 11.4 Å². The van der Waals surface area contributed by atoms with Crippen LogP contribution in [0.4, 0.5) is 23.7 Å². The van der Waals surface area contributed by atoms with Crippen LogP contribution in [0.1, 0.15) is 68.5 Å². The fourth-order valence-corrected chi connectivity index (χ4v) is 9.20. The van der Waals surface area contributed by atoms with Gasteiger partial charge in [-0.2, -0.15) is 13.2 Å². The molecular weight excluding hydrogens is 837 g/mol. The van der Waals surface area contributed by atoms with E-state index in [2.05, 4.69) is 10.1 Å². The van der Waals surface area contributed by atoms with Gasteiger partial charge in [0.1, 0.15) is 0 Å². The molecule has 3 aromatic rings. The van der Waals surface area contributed by atoms with Crippen molar-refractivity contribution in [2.75, 3.05) is 64.7 Å². The number of benzene rings is 2. The van der Waals surface area contributed by atoms with Crippen LogP contribution >= 0.6 is 11.6 Å². The maximum absolute atomic E-state index is 14.2. The quantitative estimate of drug-likeness (QED) is 0.203. The summed E-state index contributed by atoms with van der Waals surface area (Å²) >= 11 is 6.13. The van der Waals surface area contributed by atoms with Gasteiger partial charge in [0.2, 0.25) is 5.91 Å². The molecule has 0 aliphatic carbocycles. The molecule has 5 heterocycles. The molecule has 0 bridgehead atoms. The van der Waals surface area contributed by atoms with Crippen molar-refractivity contribution < 1.29 is 46.6 Å². The van der Waals surface area contributed by atoms with E-state index in [1.807, 2.05) is 35.2 Å². The number of anilines is 1. The molecule has 334 valence electrons. The molecule has 20 heteroatoms. The van der Waals surface area contributed by atoms with Gasteiger partial charge >= 0.3 is 23.9 Å². The van der Waals surface area contributed by atoms with Crippen LogP contribution < -0.4 is 11.4 Å². The van der Waals surface area contributed by atoms with Crippen LogP contribution in [0.3, 0.4) is 0 Å². The molecule has 0 unspecified atom stereocenters. The number of nitrogens with zero attached hydrogens (tertiary/aromatic N) is 6. The Morgan fingerprint density at radius 2 is 1.53 bits per heavy atom. The first-order chi connectivity index (χ1) is 29.6. The number of aromatic nitrogens is 3. The Hall–Kier alpha value is -5.43. The number of hydrogen-bond donors (Lipinski definition) is 2. The average molecular weight is 887 g/mol. The monoisotopic (exact) mass is 886 g/mol. The van der Waals surface area contributed by atoms with Crippen LogP contribution in [0.15, 0.2) is 47.3 Å². The smallest absolute Gasteiger partial charge is 0.418 e. The molecule has 7 rings (SSSR count). The normalized spacial score (nSPS) is 19.2. The Labute approximate surface area is 360 Å². The maximum Gasteiger partial charge on any atom is 0.418 e. The second-order valence-corrected chi connectivity index (χ2v) is 16.8. The van der Waals surface area contributed by atoms with Crippen LogP contribution in [-0.4, -0.2) is 129 Å². The van der Waals surface area contributed by atoms with Gasteiger partial charge in [-0.15, -0.1) is 5.10 Å². The minimum absolute atomic E-state index is 0.0207. The van der Waals surface area contributed by atoms with Crippen LogP contribution in [0, 0.1) is 11.8 Å². The topological polar surface area (TPSA) is 193 Å². The predicted octanol–water partition coefficient (Wildman–Crippen LogP) is 4.52. The summed E-state index contributed by atoms with van der Waals surface area (Å²) in [6, 6.07) is 10.9. The van der Waals surface area contributed by atoms with E-state index in [1.54, 1.807) is 4.90 Å². The highest BCUT2D eigenvalue weighted by Gasteiger charge is 2.38. The highest BCUT2D eigenvalue weighted by atomic mass is 35.5. The van der Waals surface area contributed by atoms with Gasteiger partial charge in [0.15, 0.2) is 18.5 Å². The number of halogens is 4. The molecule has 4 aliphatic heterocycles. The Balaban J connectivity index is 0.939. The van der Waals surface area contributed by atoms with Crippen molar-refractivity contribution in [3.8, 4) is 11.4 Å². The lowest BCUT2D eigenvalue weighted by Gasteiger charge is -2.40. The number of esters is 1. The Kier molecular flexibility index (Phi) is 13.9. The Morgan fingerprint density at radius 3 is 2.16 bits per heavy atom. The lowest BCUT2D eigenvalue weighted by molar-refractivity contribution is -0.155. The molecule has 0 radical (unpaired) electrons. The molecule has 3 N–H and O–H groups in total. The Morgan fingerprint density at radius 1 is 0.887 bits per heavy atom. The van der Waals surface area contributed by atoms with Crippen LogP contribution in [0.2, 0.25) is 5.02 Å². The number of carbonyl (C=O) groups excluding carboxylic acids is 5. The zero-order valence-electron chi connectivity index (χ0n) is 34.1. The van der Waals surface area contributed by atoms with Crippen molar-refractivity contribution in [1.29, 1.82) is 0 Å². The zero-order valence-corrected chi connectivity index (χ0v) is 34.9. The molecule has 1 atom stereocenters. The number of aromatic amines is 1. The number of piperidine rings is 3. The third-order valence-electron chi connectivity index (χ3n) is 12.4. The number of imide groups is 1. The third kappa shape index (κ3) is 10.6. The minimum Gasteiger partial charge on any atom is -0.455 e. The third-order valence-corrected chi connectivity index (χ3v) is 12.7. The molecule has 4 aliphatic rings. The second-order valence-electron chi connectivity index (χ2n) is 16.4. The van der Waals surface area contributed by atoms with Gasteiger partial charge < -0.3 is 25.0 Å². The summed E-state index contributed by atoms with van der Waals surface area (Å²) in [7, 11) is 0. The van der Waals surface area contributed by atoms with E-state index in [-0.39, 0.29) is 60.2 Å². The molecule has 4 fully saturated rings. The molecular formula is C42H50ClF3N8O8. The number of amides is 4. The largest absolute Gasteiger partial charge is 0.455 e. The molecule has 0 saturated carbocycles. The minimum atomic E-state index is -4.82. The number of H-pyrrole nitrogens is 1. The molecule has 4 saturated heterocycles. The van der Waals surface area contributed by atoms with Crippen molar-refractivity contribution in [2.45, 2.75) is 76.1 Å². The molecule has 2 aromatic carbocycles. The van der Waals surface area contributed by atoms with Gasteiger partial charge in [-0.05, 0) is 87.6 Å². The predicted molar refractivity (Wildman–Crippen MR) is 218 cm³/mol. The number of alkyl halides is 3. The lowest BCUT2D eigenvalue weighted by atomic mass is 9.78. The number of nitrogen functional groups attached to an aromatic ring is 1. The molecule has 62 heavy (non-hydrogen) atoms. The lowest BCUT2D eigenvalue weighted by Crippen LogP contribution is -2.49. The molecule has 1 aromatic heterocycles. The van der Waals surface area contributed by atoms with E-state index in [0.29, 0.717) is 83.0 Å². The van der Waals surface area contributed by atoms with Crippen molar-refractivity contribution in [3.05, 3.63) is 69.1 Å². The molecule has 16 nitrogen and oxygen atoms in total. The highest BCUT2D eigenvalue weighted by Crippen LogP contribution is 2.39. The average Bonchev–Trinajstić information content (AvgIpc) is 3.88. The number of ether oxygens (including phenoxy) is 2. The van der Waals surface area contributed by atoms with E-state index in [4.69, 9.17) is 26.8 Å². The summed E-state index contributed by atoms with van der Waals surface area (Å²) in [6.45, 7) is 2.25. The van der Waals surface area contributed by atoms with Crippen molar-refractivity contribution in [1.82, 2.24) is 34.4 Å². The highest BCUT2D eigenvalue weighted by molar-refractivity contribution is 6.33. The van der Waals surface area contributed by atoms with Crippen molar-refractivity contribution in [2.24, 2.45) is 11.8 Å². The number of rotatable bonds is 11. The van der Waals surface area contributed by atoms with Crippen molar-refractivity contribution in [3.63, 3.8) is 0 Å². The number of nitrogens with one attached hydrogen (secondary N) is 1. The first kappa shape index (κ1) is 44.6. The first-order valence-electron chi connectivity index (χ1n) is 21.0. The summed E-state index contributed by atoms with van der Waals surface area (Å²) < 4.78 is 54.1. The summed E-state index contributed by atoms with van der Waals surface area (Å²) in [6.07, 6.45) is -2.86.